The van der Waals surface area contributed by atoms with E-state index in [1.54, 1.807) is 6.92 Å². The molecular weight excluding hydrogens is 512 g/mol. The summed E-state index contributed by atoms with van der Waals surface area (Å²) in [6.07, 6.45) is 8.76. The third-order valence-corrected chi connectivity index (χ3v) is 11.7. The molecule has 1 aliphatic heterocycles. The van der Waals surface area contributed by atoms with Crippen molar-refractivity contribution >= 4 is 17.9 Å². The lowest BCUT2D eigenvalue weighted by Gasteiger charge is -2.60. The predicted molar refractivity (Wildman–Crippen MR) is 147 cm³/mol. The summed E-state index contributed by atoms with van der Waals surface area (Å²) in [6, 6.07) is 0. The van der Waals surface area contributed by atoms with Crippen molar-refractivity contribution < 1.29 is 38.1 Å². The van der Waals surface area contributed by atoms with E-state index in [2.05, 4.69) is 13.8 Å². The van der Waals surface area contributed by atoms with Crippen LogP contribution in [0.25, 0.3) is 0 Å². The molecular formula is C32H50O8. The summed E-state index contributed by atoms with van der Waals surface area (Å²) in [5.74, 6) is 2.14. The second-order valence-corrected chi connectivity index (χ2v) is 14.1. The normalized spacial score (nSPS) is 46.4. The first-order valence-corrected chi connectivity index (χ1v) is 15.7. The van der Waals surface area contributed by atoms with E-state index in [0.29, 0.717) is 29.3 Å². The molecule has 1 saturated heterocycles. The summed E-state index contributed by atoms with van der Waals surface area (Å²) in [7, 11) is 0. The number of esters is 3. The molecule has 40 heavy (non-hydrogen) atoms. The highest BCUT2D eigenvalue weighted by Crippen LogP contribution is 2.66. The topological polar surface area (TPSA) is 97.4 Å². The Balaban J connectivity index is 1.24. The number of carbonyl (C=O) groups is 3. The van der Waals surface area contributed by atoms with Gasteiger partial charge in [-0.1, -0.05) is 20.3 Å². The summed E-state index contributed by atoms with van der Waals surface area (Å²) >= 11 is 0. The van der Waals surface area contributed by atoms with E-state index in [-0.39, 0.29) is 0 Å². The van der Waals surface area contributed by atoms with E-state index >= 15 is 0 Å². The quantitative estimate of drug-likeness (QED) is 0.305. The third kappa shape index (κ3) is 5.68. The molecule has 0 radical (unpaired) electrons. The number of carbonyl (C=O) groups excluding carboxylic acids is 3. The van der Waals surface area contributed by atoms with Gasteiger partial charge >= 0.3 is 17.9 Å². The van der Waals surface area contributed by atoms with Gasteiger partial charge in [0.1, 0.15) is 0 Å². The van der Waals surface area contributed by atoms with Crippen LogP contribution in [-0.2, 0) is 38.1 Å². The molecule has 0 spiro atoms. The number of hydrogen-bond donors (Lipinski definition) is 0. The van der Waals surface area contributed by atoms with Crippen LogP contribution in [0.15, 0.2) is 0 Å². The monoisotopic (exact) mass is 562 g/mol. The van der Waals surface area contributed by atoms with Crippen molar-refractivity contribution in [2.45, 2.75) is 136 Å². The first-order valence-electron chi connectivity index (χ1n) is 15.7. The average molecular weight is 563 g/mol. The van der Waals surface area contributed by atoms with Crippen LogP contribution >= 0.6 is 0 Å². The minimum Gasteiger partial charge on any atom is -0.456 e. The maximum atomic E-state index is 12.0. The maximum absolute atomic E-state index is 12.0. The predicted octanol–water partition coefficient (Wildman–Crippen LogP) is 5.59. The second kappa shape index (κ2) is 11.5. The third-order valence-electron chi connectivity index (χ3n) is 11.7. The van der Waals surface area contributed by atoms with Crippen LogP contribution in [0.5, 0.6) is 0 Å². The largest absolute Gasteiger partial charge is 0.456 e. The van der Waals surface area contributed by atoms with Crippen molar-refractivity contribution in [2.24, 2.45) is 40.4 Å². The van der Waals surface area contributed by atoms with Crippen molar-refractivity contribution in [3.05, 3.63) is 0 Å². The van der Waals surface area contributed by atoms with Gasteiger partial charge in [-0.3, -0.25) is 14.4 Å². The van der Waals surface area contributed by atoms with Crippen LogP contribution in [0.1, 0.15) is 106 Å². The maximum Gasteiger partial charge on any atom is 0.303 e. The van der Waals surface area contributed by atoms with Crippen LogP contribution in [0, 0.1) is 40.4 Å². The zero-order chi connectivity index (χ0) is 28.8. The first kappa shape index (κ1) is 29.8. The van der Waals surface area contributed by atoms with Crippen molar-refractivity contribution in [3.8, 4) is 0 Å². The summed E-state index contributed by atoms with van der Waals surface area (Å²) in [4.78, 5) is 35.7. The van der Waals surface area contributed by atoms with E-state index in [4.69, 9.17) is 23.7 Å². The summed E-state index contributed by atoms with van der Waals surface area (Å²) < 4.78 is 28.9. The molecule has 226 valence electrons. The molecule has 0 N–H and O–H groups in total. The van der Waals surface area contributed by atoms with Gasteiger partial charge in [0.25, 0.3) is 0 Å². The Morgan fingerprint density at radius 1 is 0.775 bits per heavy atom. The van der Waals surface area contributed by atoms with Crippen LogP contribution in [-0.4, -0.2) is 55.2 Å². The first-order chi connectivity index (χ1) is 18.9. The van der Waals surface area contributed by atoms with Gasteiger partial charge in [0.05, 0.1) is 12.7 Å². The Bertz CT molecular complexity index is 967. The molecule has 2 unspecified atom stereocenters. The highest BCUT2D eigenvalue weighted by molar-refractivity contribution is 5.68. The van der Waals surface area contributed by atoms with E-state index in [9.17, 15) is 14.4 Å². The van der Waals surface area contributed by atoms with Crippen LogP contribution in [0.3, 0.4) is 0 Å². The van der Waals surface area contributed by atoms with Crippen LogP contribution < -0.4 is 0 Å². The Morgan fingerprint density at radius 3 is 2.15 bits per heavy atom. The van der Waals surface area contributed by atoms with Gasteiger partial charge in [0, 0.05) is 20.8 Å². The van der Waals surface area contributed by atoms with Gasteiger partial charge in [0.2, 0.25) is 0 Å². The highest BCUT2D eigenvalue weighted by atomic mass is 16.7. The molecule has 12 atom stereocenters. The molecule has 5 aliphatic rings. The molecule has 4 aliphatic carbocycles. The smallest absolute Gasteiger partial charge is 0.303 e. The molecule has 0 amide bonds. The molecule has 0 aromatic carbocycles. The zero-order valence-electron chi connectivity index (χ0n) is 25.3. The second-order valence-electron chi connectivity index (χ2n) is 14.1. The van der Waals surface area contributed by atoms with E-state index in [0.717, 1.165) is 30.6 Å². The molecule has 0 bridgehead atoms. The fourth-order valence-corrected chi connectivity index (χ4v) is 9.83. The SMILES string of the molecule is CC(=O)O[C@@H]1[C@@H](OC(C)=O)[C@H](C)O[C@@H](OCC2CC[C@@]3(C)C(CC[C@H]4[C@@H]5CCC[C@@]5(C)CC[C@@H]43)C2)[C@@H]1OC(C)=O. The number of rotatable bonds is 6. The molecule has 0 aromatic heterocycles. The Labute approximate surface area is 239 Å². The van der Waals surface area contributed by atoms with Gasteiger partial charge in [-0.2, -0.15) is 0 Å². The molecule has 5 rings (SSSR count). The molecule has 4 saturated carbocycles. The van der Waals surface area contributed by atoms with Crippen molar-refractivity contribution in [1.82, 2.24) is 0 Å². The number of ether oxygens (including phenoxy) is 5. The van der Waals surface area contributed by atoms with Gasteiger partial charge in [-0.25, -0.2) is 0 Å². The molecule has 8 heteroatoms. The van der Waals surface area contributed by atoms with Crippen molar-refractivity contribution in [2.75, 3.05) is 6.61 Å². The lowest BCUT2D eigenvalue weighted by atomic mass is 9.45. The fraction of sp³-hybridized carbons (Fsp3) is 0.906. The highest BCUT2D eigenvalue weighted by Gasteiger charge is 2.58. The van der Waals surface area contributed by atoms with E-state index in [1.807, 2.05) is 0 Å². The molecule has 1 heterocycles. The standard InChI is InChI=1S/C32H50O8/c1-18-27(38-19(2)33)28(39-20(3)34)29(40-21(4)35)30(37-18)36-17-22-11-15-32(6)23(16-22)9-10-24-25-8-7-13-31(25,5)14-12-26(24)32/h18,22-30H,7-17H2,1-6H3/t18-,22?,23?,24-,25-,26-,27-,28+,29+,30+,31-,32-/m0/s1. The average Bonchev–Trinajstić information content (AvgIpc) is 3.28. The number of fused-ring (bicyclic) bond motifs is 5. The molecule has 5 fully saturated rings. The van der Waals surface area contributed by atoms with Crippen LogP contribution in [0.4, 0.5) is 0 Å². The van der Waals surface area contributed by atoms with Gasteiger partial charge in [0.15, 0.2) is 24.6 Å². The summed E-state index contributed by atoms with van der Waals surface area (Å²) in [6.45, 7) is 11.2. The fourth-order valence-electron chi connectivity index (χ4n) is 9.83. The lowest BCUT2D eigenvalue weighted by Crippen LogP contribution is -2.61. The van der Waals surface area contributed by atoms with Gasteiger partial charge in [-0.05, 0) is 105 Å². The Hall–Kier alpha value is -1.67. The van der Waals surface area contributed by atoms with Crippen molar-refractivity contribution in [1.29, 1.82) is 0 Å². The van der Waals surface area contributed by atoms with E-state index < -0.39 is 48.6 Å². The zero-order valence-corrected chi connectivity index (χ0v) is 25.3. The summed E-state index contributed by atoms with van der Waals surface area (Å²) in [5.41, 5.74) is 1.00. The lowest BCUT2D eigenvalue weighted by molar-refractivity contribution is -0.303. The molecule has 8 nitrogen and oxygen atoms in total. The molecule has 0 aromatic rings. The number of hydrogen-bond acceptors (Lipinski definition) is 8. The Morgan fingerprint density at radius 2 is 1.45 bits per heavy atom. The van der Waals surface area contributed by atoms with Gasteiger partial charge in [-0.15, -0.1) is 0 Å². The van der Waals surface area contributed by atoms with Crippen molar-refractivity contribution in [3.63, 3.8) is 0 Å². The Kier molecular flexibility index (Phi) is 8.60. The van der Waals surface area contributed by atoms with Gasteiger partial charge < -0.3 is 23.7 Å². The minimum atomic E-state index is -1.03. The minimum absolute atomic E-state index is 0.394. The van der Waals surface area contributed by atoms with E-state index in [1.165, 1.54) is 72.1 Å². The van der Waals surface area contributed by atoms with Crippen LogP contribution in [0.2, 0.25) is 0 Å². The summed E-state index contributed by atoms with van der Waals surface area (Å²) in [5, 5.41) is 0.